The molecule has 140 valence electrons. The molecule has 5 rings (SSSR count). The van der Waals surface area contributed by atoms with Crippen LogP contribution >= 0.6 is 11.5 Å². The Hall–Kier alpha value is -1.17. The van der Waals surface area contributed by atoms with Crippen molar-refractivity contribution in [1.29, 1.82) is 0 Å². The average Bonchev–Trinajstić information content (AvgIpc) is 3.06. The van der Waals surface area contributed by atoms with E-state index >= 15 is 0 Å². The number of rotatable bonds is 4. The molecule has 0 spiro atoms. The molecule has 2 atom stereocenters. The van der Waals surface area contributed by atoms with E-state index in [-0.39, 0.29) is 0 Å². The smallest absolute Gasteiger partial charge is 0.150 e. The zero-order chi connectivity index (χ0) is 17.5. The number of nitrogens with zero attached hydrogens (tertiary/aromatic N) is 3. The summed E-state index contributed by atoms with van der Waals surface area (Å²) in [6.07, 6.45) is 9.22. The summed E-state index contributed by atoms with van der Waals surface area (Å²) in [4.78, 5) is 5.40. The summed E-state index contributed by atoms with van der Waals surface area (Å²) in [7, 11) is 0. The summed E-state index contributed by atoms with van der Waals surface area (Å²) in [5.41, 5.74) is 6.07. The molecule has 4 nitrogen and oxygen atoms in total. The van der Waals surface area contributed by atoms with Gasteiger partial charge in [-0.2, -0.15) is 4.37 Å². The van der Waals surface area contributed by atoms with Crippen molar-refractivity contribution in [1.82, 2.24) is 9.27 Å². The third-order valence-electron chi connectivity index (χ3n) is 7.05. The monoisotopic (exact) mass is 370 g/mol. The lowest BCUT2D eigenvalue weighted by Gasteiger charge is -2.54. The van der Waals surface area contributed by atoms with Gasteiger partial charge >= 0.3 is 0 Å². The summed E-state index contributed by atoms with van der Waals surface area (Å²) in [5, 5.41) is 1.34. The van der Waals surface area contributed by atoms with E-state index in [2.05, 4.69) is 34.1 Å². The minimum absolute atomic E-state index is 0.471. The lowest BCUT2D eigenvalue weighted by atomic mass is 9.80. The first kappa shape index (κ1) is 17.0. The Morgan fingerprint density at radius 3 is 2.62 bits per heavy atom. The number of aromatic nitrogens is 1. The molecule has 5 heteroatoms. The van der Waals surface area contributed by atoms with E-state index in [4.69, 9.17) is 10.1 Å². The zero-order valence-corrected chi connectivity index (χ0v) is 16.3. The van der Waals surface area contributed by atoms with Crippen molar-refractivity contribution in [2.45, 2.75) is 63.1 Å². The van der Waals surface area contributed by atoms with Gasteiger partial charge in [0.15, 0.2) is 5.82 Å². The fraction of sp³-hybridized carbons (Fsp3) is 0.667. The van der Waals surface area contributed by atoms with Crippen molar-refractivity contribution in [2.24, 2.45) is 11.7 Å². The number of hydrogen-bond acceptors (Lipinski definition) is 5. The summed E-state index contributed by atoms with van der Waals surface area (Å²) in [6.45, 7) is 3.61. The molecule has 2 saturated carbocycles. The Morgan fingerprint density at radius 1 is 1.00 bits per heavy atom. The van der Waals surface area contributed by atoms with Crippen molar-refractivity contribution in [3.8, 4) is 0 Å². The maximum atomic E-state index is 6.07. The summed E-state index contributed by atoms with van der Waals surface area (Å²) in [5.74, 6) is 2.15. The van der Waals surface area contributed by atoms with Crippen LogP contribution in [0.25, 0.3) is 10.1 Å². The molecule has 26 heavy (non-hydrogen) atoms. The number of benzene rings is 1. The van der Waals surface area contributed by atoms with Crippen LogP contribution in [0.5, 0.6) is 0 Å². The second-order valence-corrected chi connectivity index (χ2v) is 9.32. The molecule has 1 aliphatic heterocycles. The van der Waals surface area contributed by atoms with E-state index in [1.165, 1.54) is 73.9 Å². The molecular formula is C21H30N4S. The summed E-state index contributed by atoms with van der Waals surface area (Å²) < 4.78 is 6.14. The van der Waals surface area contributed by atoms with Crippen LogP contribution in [0.2, 0.25) is 0 Å². The van der Waals surface area contributed by atoms with Crippen LogP contribution in [-0.2, 0) is 0 Å². The highest BCUT2D eigenvalue weighted by atomic mass is 32.1. The quantitative estimate of drug-likeness (QED) is 0.888. The van der Waals surface area contributed by atoms with Crippen molar-refractivity contribution >= 4 is 27.4 Å². The molecule has 0 bridgehead atoms. The van der Waals surface area contributed by atoms with Gasteiger partial charge in [0.2, 0.25) is 0 Å². The van der Waals surface area contributed by atoms with Crippen LogP contribution in [0.15, 0.2) is 24.3 Å². The van der Waals surface area contributed by atoms with Crippen molar-refractivity contribution < 1.29 is 0 Å². The summed E-state index contributed by atoms with van der Waals surface area (Å²) >= 11 is 1.65. The fourth-order valence-corrected chi connectivity index (χ4v) is 6.05. The highest BCUT2D eigenvalue weighted by molar-refractivity contribution is 7.13. The maximum absolute atomic E-state index is 6.07. The predicted octanol–water partition coefficient (Wildman–Crippen LogP) is 3.86. The van der Waals surface area contributed by atoms with Crippen molar-refractivity contribution in [2.75, 3.05) is 24.5 Å². The maximum Gasteiger partial charge on any atom is 0.150 e. The van der Waals surface area contributed by atoms with Gasteiger partial charge in [-0.3, -0.25) is 4.90 Å². The number of piperazine rings is 1. The normalized spacial score (nSPS) is 32.4. The standard InChI is InChI=1S/C21H30N4S/c22-16-7-5-15(6-8-16)11-12-24-13-14-25(19-10-9-18(19)24)21-17-3-1-2-4-20(17)26-23-21/h1-4,15-16,18-19H,5-14,22H2. The third-order valence-corrected chi connectivity index (χ3v) is 7.86. The van der Waals surface area contributed by atoms with Crippen LogP contribution in [0, 0.1) is 5.92 Å². The van der Waals surface area contributed by atoms with Gasteiger partial charge < -0.3 is 10.6 Å². The van der Waals surface area contributed by atoms with E-state index in [1.807, 2.05) is 0 Å². The van der Waals surface area contributed by atoms with E-state index < -0.39 is 0 Å². The molecule has 1 aromatic carbocycles. The first-order valence-electron chi connectivity index (χ1n) is 10.4. The van der Waals surface area contributed by atoms with Crippen molar-refractivity contribution in [3.63, 3.8) is 0 Å². The second kappa shape index (κ2) is 7.10. The lowest BCUT2D eigenvalue weighted by Crippen LogP contribution is -2.65. The van der Waals surface area contributed by atoms with Gasteiger partial charge in [0.1, 0.15) is 0 Å². The van der Waals surface area contributed by atoms with Crippen LogP contribution < -0.4 is 10.6 Å². The molecule has 2 unspecified atom stereocenters. The molecule has 2 heterocycles. The number of hydrogen-bond donors (Lipinski definition) is 1. The van der Waals surface area contributed by atoms with Crippen molar-refractivity contribution in [3.05, 3.63) is 24.3 Å². The van der Waals surface area contributed by atoms with E-state index in [0.717, 1.165) is 18.5 Å². The minimum Gasteiger partial charge on any atom is -0.349 e. The molecule has 2 aliphatic carbocycles. The van der Waals surface area contributed by atoms with Crippen LogP contribution in [0.4, 0.5) is 5.82 Å². The first-order valence-corrected chi connectivity index (χ1v) is 11.2. The average molecular weight is 371 g/mol. The van der Waals surface area contributed by atoms with Gasteiger partial charge in [0.05, 0.1) is 4.70 Å². The van der Waals surface area contributed by atoms with Gasteiger partial charge in [0.25, 0.3) is 0 Å². The Kier molecular flexibility index (Phi) is 4.63. The Bertz CT molecular complexity index is 751. The van der Waals surface area contributed by atoms with E-state index in [9.17, 15) is 0 Å². The van der Waals surface area contributed by atoms with E-state index in [0.29, 0.717) is 12.1 Å². The first-order chi connectivity index (χ1) is 12.8. The second-order valence-electron chi connectivity index (χ2n) is 8.51. The molecule has 0 amide bonds. The Morgan fingerprint density at radius 2 is 1.81 bits per heavy atom. The zero-order valence-electron chi connectivity index (χ0n) is 15.5. The molecule has 3 fully saturated rings. The lowest BCUT2D eigenvalue weighted by molar-refractivity contribution is 0.0649. The Labute approximate surface area is 160 Å². The van der Waals surface area contributed by atoms with Gasteiger partial charge in [0, 0.05) is 36.6 Å². The van der Waals surface area contributed by atoms with Crippen LogP contribution in [-0.4, -0.2) is 47.0 Å². The largest absolute Gasteiger partial charge is 0.349 e. The van der Waals surface area contributed by atoms with Gasteiger partial charge in [-0.15, -0.1) is 0 Å². The van der Waals surface area contributed by atoms with Crippen LogP contribution in [0.3, 0.4) is 0 Å². The predicted molar refractivity (Wildman–Crippen MR) is 110 cm³/mol. The summed E-state index contributed by atoms with van der Waals surface area (Å²) in [6, 6.07) is 10.6. The molecule has 0 radical (unpaired) electrons. The van der Waals surface area contributed by atoms with Crippen LogP contribution in [0.1, 0.15) is 44.9 Å². The molecular weight excluding hydrogens is 340 g/mol. The Balaban J connectivity index is 1.23. The minimum atomic E-state index is 0.471. The highest BCUT2D eigenvalue weighted by Gasteiger charge is 2.43. The highest BCUT2D eigenvalue weighted by Crippen LogP contribution is 2.40. The molecule has 2 N–H and O–H groups in total. The fourth-order valence-electron chi connectivity index (χ4n) is 5.27. The topological polar surface area (TPSA) is 45.4 Å². The number of fused-ring (bicyclic) bond motifs is 2. The third kappa shape index (κ3) is 3.04. The number of nitrogens with two attached hydrogens (primary N) is 1. The molecule has 2 aromatic rings. The molecule has 1 aromatic heterocycles. The molecule has 3 aliphatic rings. The number of anilines is 1. The van der Waals surface area contributed by atoms with Gasteiger partial charge in [-0.25, -0.2) is 0 Å². The van der Waals surface area contributed by atoms with E-state index in [1.54, 1.807) is 11.5 Å². The van der Waals surface area contributed by atoms with Gasteiger partial charge in [-0.1, -0.05) is 12.1 Å². The van der Waals surface area contributed by atoms with Gasteiger partial charge in [-0.05, 0) is 81.1 Å². The molecule has 1 saturated heterocycles. The SMILES string of the molecule is NC1CCC(CCN2CCN(c3nsc4ccccc34)C3CCC32)CC1.